The van der Waals surface area contributed by atoms with E-state index in [9.17, 15) is 13.6 Å². The number of para-hydroxylation sites is 1. The van der Waals surface area contributed by atoms with Crippen molar-refractivity contribution < 1.29 is 13.5 Å². The third-order valence-corrected chi connectivity index (χ3v) is 6.17. The number of nitrogens with one attached hydrogen (secondary N) is 3. The van der Waals surface area contributed by atoms with Gasteiger partial charge in [-0.3, -0.25) is 4.79 Å². The largest absolute Gasteiger partial charge is 0.378 e. The van der Waals surface area contributed by atoms with Crippen LogP contribution in [0.25, 0.3) is 10.8 Å². The molecule has 4 aromatic rings. The number of aryl methyl sites for hydroxylation is 1. The van der Waals surface area contributed by atoms with E-state index in [1.807, 2.05) is 48.5 Å². The first-order chi connectivity index (χ1) is 17.6. The highest BCUT2D eigenvalue weighted by Crippen LogP contribution is 2.29. The Hall–Kier alpha value is -3.98. The number of hydrogen-bond acceptors (Lipinski definition) is 6. The lowest BCUT2D eigenvalue weighted by Gasteiger charge is -2.28. The standard InChI is InChI=1S/C27H27F2N5O2/c28-23(29)10-5-18-3-1-2-4-22(18)32-24-17-19-11-12-30-27(35)25(19)26(33-24)31-20-6-8-21(9-7-20)34-13-15-36-16-14-34/h1-4,6-9,11-12,17,23H,5,10,13-16H2,(H,30,35)(H2,31,32,33). The number of aromatic amines is 1. The Morgan fingerprint density at radius 3 is 2.58 bits per heavy atom. The van der Waals surface area contributed by atoms with Crippen LogP contribution in [0.3, 0.4) is 0 Å². The van der Waals surface area contributed by atoms with E-state index < -0.39 is 6.43 Å². The summed E-state index contributed by atoms with van der Waals surface area (Å²) in [6.07, 6.45) is -0.749. The number of aromatic nitrogens is 2. The number of halogens is 2. The molecule has 9 heteroatoms. The van der Waals surface area contributed by atoms with Crippen molar-refractivity contribution >= 4 is 39.5 Å². The molecule has 2 aromatic carbocycles. The van der Waals surface area contributed by atoms with E-state index in [4.69, 9.17) is 4.74 Å². The molecule has 186 valence electrons. The number of morpholine rings is 1. The zero-order chi connectivity index (χ0) is 24.9. The molecule has 5 rings (SSSR count). The highest BCUT2D eigenvalue weighted by molar-refractivity contribution is 5.94. The minimum Gasteiger partial charge on any atom is -0.378 e. The molecule has 0 saturated carbocycles. The van der Waals surface area contributed by atoms with Crippen LogP contribution in [0, 0.1) is 0 Å². The van der Waals surface area contributed by atoms with E-state index in [1.165, 1.54) is 0 Å². The fourth-order valence-corrected chi connectivity index (χ4v) is 4.35. The molecule has 0 amide bonds. The van der Waals surface area contributed by atoms with Gasteiger partial charge in [-0.05, 0) is 59.8 Å². The fraction of sp³-hybridized carbons (Fsp3) is 0.259. The maximum atomic E-state index is 12.8. The topological polar surface area (TPSA) is 82.3 Å². The van der Waals surface area contributed by atoms with E-state index in [0.29, 0.717) is 41.3 Å². The van der Waals surface area contributed by atoms with Gasteiger partial charge in [0.2, 0.25) is 6.43 Å². The molecule has 36 heavy (non-hydrogen) atoms. The first kappa shape index (κ1) is 23.7. The predicted octanol–water partition coefficient (Wildman–Crippen LogP) is 5.44. The highest BCUT2D eigenvalue weighted by Gasteiger charge is 2.14. The van der Waals surface area contributed by atoms with Crippen molar-refractivity contribution in [1.82, 2.24) is 9.97 Å². The molecular weight excluding hydrogens is 464 g/mol. The van der Waals surface area contributed by atoms with Gasteiger partial charge in [0.1, 0.15) is 11.6 Å². The Labute approximate surface area is 207 Å². The first-order valence-electron chi connectivity index (χ1n) is 11.9. The molecule has 0 spiro atoms. The maximum absolute atomic E-state index is 12.8. The molecular formula is C27H27F2N5O2. The molecule has 0 aliphatic carbocycles. The van der Waals surface area contributed by atoms with Crippen LogP contribution in [0.5, 0.6) is 0 Å². The van der Waals surface area contributed by atoms with E-state index in [2.05, 4.69) is 25.5 Å². The van der Waals surface area contributed by atoms with Crippen LogP contribution in [0.1, 0.15) is 12.0 Å². The summed E-state index contributed by atoms with van der Waals surface area (Å²) >= 11 is 0. The summed E-state index contributed by atoms with van der Waals surface area (Å²) in [5, 5.41) is 7.68. The summed E-state index contributed by atoms with van der Waals surface area (Å²) < 4.78 is 31.0. The van der Waals surface area contributed by atoms with Gasteiger partial charge in [-0.2, -0.15) is 0 Å². The summed E-state index contributed by atoms with van der Waals surface area (Å²) in [4.78, 5) is 22.3. The number of fused-ring (bicyclic) bond motifs is 1. The fourth-order valence-electron chi connectivity index (χ4n) is 4.35. The second-order valence-electron chi connectivity index (χ2n) is 8.61. The van der Waals surface area contributed by atoms with Gasteiger partial charge in [-0.15, -0.1) is 0 Å². The number of pyridine rings is 2. The molecule has 0 radical (unpaired) electrons. The van der Waals surface area contributed by atoms with Crippen molar-refractivity contribution in [3.63, 3.8) is 0 Å². The molecule has 0 bridgehead atoms. The Bertz CT molecular complexity index is 1390. The summed E-state index contributed by atoms with van der Waals surface area (Å²) in [6, 6.07) is 18.9. The van der Waals surface area contributed by atoms with Gasteiger partial charge in [-0.25, -0.2) is 13.8 Å². The van der Waals surface area contributed by atoms with Crippen molar-refractivity contribution in [2.24, 2.45) is 0 Å². The summed E-state index contributed by atoms with van der Waals surface area (Å²) in [5.41, 5.74) is 3.12. The van der Waals surface area contributed by atoms with Crippen LogP contribution < -0.4 is 21.1 Å². The summed E-state index contributed by atoms with van der Waals surface area (Å²) in [6.45, 7) is 3.12. The average molecular weight is 492 g/mol. The monoisotopic (exact) mass is 491 g/mol. The number of anilines is 5. The van der Waals surface area contributed by atoms with Gasteiger partial charge in [-0.1, -0.05) is 18.2 Å². The van der Waals surface area contributed by atoms with Crippen LogP contribution >= 0.6 is 0 Å². The minimum atomic E-state index is -2.37. The lowest BCUT2D eigenvalue weighted by atomic mass is 10.1. The number of hydrogen-bond donors (Lipinski definition) is 3. The van der Waals surface area contributed by atoms with Crippen molar-refractivity contribution in [3.8, 4) is 0 Å². The number of nitrogens with zero attached hydrogens (tertiary/aromatic N) is 2. The number of alkyl halides is 2. The van der Waals surface area contributed by atoms with Crippen molar-refractivity contribution in [2.75, 3.05) is 41.8 Å². The smallest absolute Gasteiger partial charge is 0.259 e. The molecule has 1 fully saturated rings. The van der Waals surface area contributed by atoms with Crippen molar-refractivity contribution in [1.29, 1.82) is 0 Å². The third kappa shape index (κ3) is 5.46. The van der Waals surface area contributed by atoms with Crippen LogP contribution in [-0.2, 0) is 11.2 Å². The Morgan fingerprint density at radius 1 is 1.03 bits per heavy atom. The van der Waals surface area contributed by atoms with Gasteiger partial charge < -0.3 is 25.3 Å². The normalized spacial score (nSPS) is 13.8. The lowest BCUT2D eigenvalue weighted by molar-refractivity contribution is 0.122. The Kier molecular flexibility index (Phi) is 7.08. The summed E-state index contributed by atoms with van der Waals surface area (Å²) in [5.74, 6) is 0.908. The average Bonchev–Trinajstić information content (AvgIpc) is 2.89. The number of H-pyrrole nitrogens is 1. The van der Waals surface area contributed by atoms with Gasteiger partial charge in [0.05, 0.1) is 18.6 Å². The van der Waals surface area contributed by atoms with Gasteiger partial charge in [0.25, 0.3) is 5.56 Å². The molecule has 0 unspecified atom stereocenters. The van der Waals surface area contributed by atoms with Gasteiger partial charge in [0.15, 0.2) is 0 Å². The highest BCUT2D eigenvalue weighted by atomic mass is 19.3. The Morgan fingerprint density at radius 2 is 1.81 bits per heavy atom. The molecule has 1 saturated heterocycles. The predicted molar refractivity (Wildman–Crippen MR) is 139 cm³/mol. The molecule has 7 nitrogen and oxygen atoms in total. The summed E-state index contributed by atoms with van der Waals surface area (Å²) in [7, 11) is 0. The number of ether oxygens (including phenoxy) is 1. The number of benzene rings is 2. The van der Waals surface area contributed by atoms with Crippen molar-refractivity contribution in [2.45, 2.75) is 19.3 Å². The SMILES string of the molecule is O=c1[nH]ccc2cc(Nc3ccccc3CCC(F)F)nc(Nc3ccc(N4CCOCC4)cc3)c12. The van der Waals surface area contributed by atoms with E-state index in [0.717, 1.165) is 30.0 Å². The zero-order valence-electron chi connectivity index (χ0n) is 19.6. The van der Waals surface area contributed by atoms with E-state index in [-0.39, 0.29) is 18.4 Å². The van der Waals surface area contributed by atoms with E-state index >= 15 is 0 Å². The van der Waals surface area contributed by atoms with Crippen LogP contribution in [0.15, 0.2) is 71.7 Å². The molecule has 0 atom stereocenters. The lowest BCUT2D eigenvalue weighted by Crippen LogP contribution is -2.36. The molecule has 3 heterocycles. The molecule has 2 aromatic heterocycles. The van der Waals surface area contributed by atoms with Crippen LogP contribution in [0.2, 0.25) is 0 Å². The second kappa shape index (κ2) is 10.7. The van der Waals surface area contributed by atoms with Crippen LogP contribution in [-0.4, -0.2) is 42.7 Å². The van der Waals surface area contributed by atoms with Gasteiger partial charge in [0, 0.05) is 42.8 Å². The molecule has 1 aliphatic rings. The van der Waals surface area contributed by atoms with Crippen LogP contribution in [0.4, 0.5) is 37.5 Å². The minimum absolute atomic E-state index is 0.216. The first-order valence-corrected chi connectivity index (χ1v) is 11.9. The third-order valence-electron chi connectivity index (χ3n) is 6.17. The van der Waals surface area contributed by atoms with Gasteiger partial charge >= 0.3 is 0 Å². The van der Waals surface area contributed by atoms with Crippen molar-refractivity contribution in [3.05, 3.63) is 82.8 Å². The maximum Gasteiger partial charge on any atom is 0.259 e. The quantitative estimate of drug-likeness (QED) is 0.304. The zero-order valence-corrected chi connectivity index (χ0v) is 19.6. The molecule has 1 aliphatic heterocycles. The Balaban J connectivity index is 1.44. The van der Waals surface area contributed by atoms with E-state index in [1.54, 1.807) is 18.3 Å². The second-order valence-corrected chi connectivity index (χ2v) is 8.61. The number of rotatable bonds is 8. The molecule has 3 N–H and O–H groups in total.